The van der Waals surface area contributed by atoms with Gasteiger partial charge >= 0.3 is 11.9 Å². The highest BCUT2D eigenvalue weighted by Crippen LogP contribution is 2.38. The minimum absolute atomic E-state index is 0.0342. The number of unbranched alkanes of at least 4 members (excludes halogenated alkanes) is 17. The molecule has 0 saturated heterocycles. The SMILES string of the molecule is CCCC/C=C/CCCCCCCC(=O)O[C@@H](COC(=O)CCCCCCCCC/C=C/C/C=C/CCCCC)COP(=O)([O-])OCC[N+](C)(C)C. The topological polar surface area (TPSA) is 111 Å². The third-order valence-electron chi connectivity index (χ3n) is 8.63. The van der Waals surface area contributed by atoms with Crippen molar-refractivity contribution in [3.05, 3.63) is 36.5 Å². The molecule has 304 valence electrons. The lowest BCUT2D eigenvalue weighted by Crippen LogP contribution is -2.37. The summed E-state index contributed by atoms with van der Waals surface area (Å²) in [6, 6.07) is 0. The van der Waals surface area contributed by atoms with Gasteiger partial charge in [-0.3, -0.25) is 14.2 Å². The normalized spacial score (nSPS) is 14.0. The third-order valence-corrected chi connectivity index (χ3v) is 9.60. The molecule has 0 aromatic rings. The van der Waals surface area contributed by atoms with Crippen molar-refractivity contribution in [2.75, 3.05) is 47.5 Å². The van der Waals surface area contributed by atoms with Gasteiger partial charge in [-0.2, -0.15) is 0 Å². The van der Waals surface area contributed by atoms with E-state index in [0.717, 1.165) is 77.0 Å². The fraction of sp³-hybridized carbons (Fsp3) is 0.810. The Morgan fingerprint density at radius 3 is 1.60 bits per heavy atom. The number of allylic oxidation sites excluding steroid dienone is 6. The highest BCUT2D eigenvalue weighted by Gasteiger charge is 2.21. The second kappa shape index (κ2) is 35.0. The van der Waals surface area contributed by atoms with Crippen LogP contribution in [0.1, 0.15) is 168 Å². The van der Waals surface area contributed by atoms with Gasteiger partial charge in [0, 0.05) is 12.8 Å². The van der Waals surface area contributed by atoms with Crippen LogP contribution in [0.2, 0.25) is 0 Å². The quantitative estimate of drug-likeness (QED) is 0.0203. The maximum atomic E-state index is 12.6. The van der Waals surface area contributed by atoms with E-state index in [0.29, 0.717) is 17.4 Å². The van der Waals surface area contributed by atoms with Crippen LogP contribution in [-0.2, 0) is 32.7 Å². The van der Waals surface area contributed by atoms with Crippen LogP contribution in [0.15, 0.2) is 36.5 Å². The summed E-state index contributed by atoms with van der Waals surface area (Å²) in [5.41, 5.74) is 0. The molecule has 9 nitrogen and oxygen atoms in total. The predicted octanol–water partition coefficient (Wildman–Crippen LogP) is 10.7. The van der Waals surface area contributed by atoms with Crippen molar-refractivity contribution in [3.63, 3.8) is 0 Å². The molecule has 10 heteroatoms. The minimum Gasteiger partial charge on any atom is -0.756 e. The third kappa shape index (κ3) is 38.0. The Bertz CT molecular complexity index is 991. The predicted molar refractivity (Wildman–Crippen MR) is 213 cm³/mol. The number of nitrogens with zero attached hydrogens (tertiary/aromatic N) is 1. The molecule has 0 aliphatic carbocycles. The molecule has 1 unspecified atom stereocenters. The first kappa shape index (κ1) is 50.2. The van der Waals surface area contributed by atoms with E-state index in [9.17, 15) is 19.0 Å². The molecule has 0 bridgehead atoms. The number of carbonyl (C=O) groups is 2. The van der Waals surface area contributed by atoms with E-state index in [1.54, 1.807) is 0 Å². The van der Waals surface area contributed by atoms with Crippen LogP contribution in [0.25, 0.3) is 0 Å². The summed E-state index contributed by atoms with van der Waals surface area (Å²) in [7, 11) is 1.15. The van der Waals surface area contributed by atoms with Crippen LogP contribution in [0.4, 0.5) is 0 Å². The Hall–Kier alpha value is -1.77. The Labute approximate surface area is 319 Å². The standard InChI is InChI=1S/C42H78NO8P/c1-6-8-10-12-14-16-18-19-20-21-22-23-25-26-28-30-32-34-41(44)48-38-40(39-50-52(46,47)49-37-36-43(3,4)5)51-42(45)35-33-31-29-27-24-17-15-13-11-9-7-2/h13-16,19-20,40H,6-12,17-18,21-39H2,1-5H3/b15-13+,16-14+,20-19+/t40-/m0/s1. The van der Waals surface area contributed by atoms with Crippen molar-refractivity contribution >= 4 is 19.8 Å². The number of likely N-dealkylation sites (N-methyl/N-ethyl adjacent to an activating group) is 1. The summed E-state index contributed by atoms with van der Waals surface area (Å²) in [6.07, 6.45) is 37.4. The molecule has 0 fully saturated rings. The van der Waals surface area contributed by atoms with Crippen molar-refractivity contribution in [2.45, 2.75) is 174 Å². The molecular weight excluding hydrogens is 677 g/mol. The van der Waals surface area contributed by atoms with E-state index >= 15 is 0 Å². The Morgan fingerprint density at radius 2 is 1.06 bits per heavy atom. The van der Waals surface area contributed by atoms with Crippen molar-refractivity contribution in [1.82, 2.24) is 0 Å². The van der Waals surface area contributed by atoms with Crippen LogP contribution in [0.5, 0.6) is 0 Å². The van der Waals surface area contributed by atoms with E-state index in [-0.39, 0.29) is 26.1 Å². The molecule has 0 aliphatic rings. The molecular formula is C42H78NO8P. The van der Waals surface area contributed by atoms with E-state index in [1.807, 2.05) is 21.1 Å². The zero-order chi connectivity index (χ0) is 38.6. The molecule has 0 amide bonds. The molecule has 0 heterocycles. The number of quaternary nitrogens is 1. The lowest BCUT2D eigenvalue weighted by molar-refractivity contribution is -0.870. The van der Waals surface area contributed by atoms with Crippen LogP contribution < -0.4 is 4.89 Å². The van der Waals surface area contributed by atoms with Gasteiger partial charge in [0.05, 0.1) is 27.7 Å². The fourth-order valence-corrected chi connectivity index (χ4v) is 6.04. The Morgan fingerprint density at radius 1 is 0.596 bits per heavy atom. The molecule has 0 radical (unpaired) electrons. The van der Waals surface area contributed by atoms with Crippen LogP contribution in [-0.4, -0.2) is 70.0 Å². The molecule has 2 atom stereocenters. The Balaban J connectivity index is 4.38. The molecule has 52 heavy (non-hydrogen) atoms. The number of carbonyl (C=O) groups excluding carboxylic acids is 2. The molecule has 0 aliphatic heterocycles. The van der Waals surface area contributed by atoms with E-state index < -0.39 is 32.5 Å². The van der Waals surface area contributed by atoms with E-state index in [4.69, 9.17) is 18.5 Å². The summed E-state index contributed by atoms with van der Waals surface area (Å²) < 4.78 is 33.8. The maximum absolute atomic E-state index is 12.6. The molecule has 0 aromatic carbocycles. The zero-order valence-electron chi connectivity index (χ0n) is 34.0. The van der Waals surface area contributed by atoms with Crippen LogP contribution >= 0.6 is 7.82 Å². The monoisotopic (exact) mass is 756 g/mol. The lowest BCUT2D eigenvalue weighted by Gasteiger charge is -2.28. The van der Waals surface area contributed by atoms with Crippen molar-refractivity contribution in [2.24, 2.45) is 0 Å². The highest BCUT2D eigenvalue weighted by atomic mass is 31.2. The number of esters is 2. The van der Waals surface area contributed by atoms with Crippen molar-refractivity contribution in [1.29, 1.82) is 0 Å². The average Bonchev–Trinajstić information content (AvgIpc) is 3.09. The number of phosphoric ester groups is 1. The van der Waals surface area contributed by atoms with Gasteiger partial charge < -0.3 is 27.9 Å². The Kier molecular flexibility index (Phi) is 33.8. The van der Waals surface area contributed by atoms with Gasteiger partial charge in [-0.15, -0.1) is 0 Å². The summed E-state index contributed by atoms with van der Waals surface area (Å²) in [6.45, 7) is 4.13. The largest absolute Gasteiger partial charge is 0.756 e. The van der Waals surface area contributed by atoms with Crippen molar-refractivity contribution < 1.29 is 42.1 Å². The second-order valence-corrected chi connectivity index (χ2v) is 16.4. The number of phosphoric acid groups is 1. The van der Waals surface area contributed by atoms with E-state index in [1.165, 1.54) is 57.8 Å². The van der Waals surface area contributed by atoms with Gasteiger partial charge in [0.2, 0.25) is 0 Å². The molecule has 0 N–H and O–H groups in total. The van der Waals surface area contributed by atoms with Gasteiger partial charge in [0.1, 0.15) is 19.8 Å². The zero-order valence-corrected chi connectivity index (χ0v) is 34.9. The van der Waals surface area contributed by atoms with Gasteiger partial charge in [0.25, 0.3) is 7.82 Å². The highest BCUT2D eigenvalue weighted by molar-refractivity contribution is 7.45. The first-order valence-electron chi connectivity index (χ1n) is 20.7. The molecule has 0 saturated carbocycles. The van der Waals surface area contributed by atoms with Gasteiger partial charge in [0.15, 0.2) is 6.10 Å². The van der Waals surface area contributed by atoms with E-state index in [2.05, 4.69) is 50.3 Å². The first-order valence-corrected chi connectivity index (χ1v) is 22.2. The van der Waals surface area contributed by atoms with Crippen LogP contribution in [0.3, 0.4) is 0 Å². The molecule has 0 spiro atoms. The lowest BCUT2D eigenvalue weighted by atomic mass is 10.1. The molecule has 0 rings (SSSR count). The summed E-state index contributed by atoms with van der Waals surface area (Å²) in [5.74, 6) is -0.857. The second-order valence-electron chi connectivity index (χ2n) is 15.0. The smallest absolute Gasteiger partial charge is 0.306 e. The fourth-order valence-electron chi connectivity index (χ4n) is 5.31. The number of ether oxygens (including phenoxy) is 2. The van der Waals surface area contributed by atoms with Gasteiger partial charge in [-0.05, 0) is 64.2 Å². The summed E-state index contributed by atoms with van der Waals surface area (Å²) in [4.78, 5) is 37.4. The van der Waals surface area contributed by atoms with Gasteiger partial charge in [-0.25, -0.2) is 0 Å². The first-order chi connectivity index (χ1) is 25.0. The van der Waals surface area contributed by atoms with Crippen molar-refractivity contribution in [3.8, 4) is 0 Å². The summed E-state index contributed by atoms with van der Waals surface area (Å²) in [5, 5.41) is 0. The molecule has 0 aromatic heterocycles. The maximum Gasteiger partial charge on any atom is 0.306 e. The summed E-state index contributed by atoms with van der Waals surface area (Å²) >= 11 is 0. The minimum atomic E-state index is -4.62. The number of hydrogen-bond donors (Lipinski definition) is 0. The number of rotatable bonds is 37. The van der Waals surface area contributed by atoms with Gasteiger partial charge in [-0.1, -0.05) is 127 Å². The number of hydrogen-bond acceptors (Lipinski definition) is 8. The average molecular weight is 756 g/mol. The van der Waals surface area contributed by atoms with Crippen LogP contribution in [0, 0.1) is 0 Å².